The highest BCUT2D eigenvalue weighted by Crippen LogP contribution is 2.03. The zero-order chi connectivity index (χ0) is 13.1. The first kappa shape index (κ1) is 11.4. The van der Waals surface area contributed by atoms with E-state index in [1.54, 1.807) is 18.3 Å². The molecule has 3 heterocycles. The lowest BCUT2D eigenvalue weighted by Crippen LogP contribution is -2.15. The zero-order valence-electron chi connectivity index (χ0n) is 10.1. The van der Waals surface area contributed by atoms with E-state index in [9.17, 15) is 4.79 Å². The number of fused-ring (bicyclic) bond motifs is 1. The number of aromatic nitrogens is 5. The summed E-state index contributed by atoms with van der Waals surface area (Å²) in [7, 11) is 0. The van der Waals surface area contributed by atoms with Crippen LogP contribution in [0.5, 0.6) is 0 Å². The Balaban J connectivity index is 1.68. The van der Waals surface area contributed by atoms with Crippen molar-refractivity contribution < 1.29 is 0 Å². The molecule has 3 aromatic heterocycles. The van der Waals surface area contributed by atoms with Gasteiger partial charge in [0.2, 0.25) is 0 Å². The first-order valence-electron chi connectivity index (χ1n) is 5.91. The SMILES string of the molecule is O=c1[nH]nc2ccc(NCCc3ccccn3)nn12. The molecule has 3 rings (SSSR count). The third-order valence-corrected chi connectivity index (χ3v) is 2.69. The molecule has 7 nitrogen and oxygen atoms in total. The lowest BCUT2D eigenvalue weighted by molar-refractivity contribution is 0.867. The van der Waals surface area contributed by atoms with Crippen LogP contribution in [0.1, 0.15) is 5.69 Å². The maximum atomic E-state index is 11.4. The average Bonchev–Trinajstić information content (AvgIpc) is 2.82. The van der Waals surface area contributed by atoms with Gasteiger partial charge in [-0.2, -0.15) is 9.61 Å². The van der Waals surface area contributed by atoms with Crippen molar-refractivity contribution in [2.24, 2.45) is 0 Å². The molecule has 0 saturated carbocycles. The van der Waals surface area contributed by atoms with Crippen LogP contribution in [0.25, 0.3) is 5.65 Å². The smallest absolute Gasteiger partial charge is 0.364 e. The number of nitrogens with one attached hydrogen (secondary N) is 2. The van der Waals surface area contributed by atoms with E-state index in [0.717, 1.165) is 12.1 Å². The second-order valence-electron chi connectivity index (χ2n) is 4.02. The molecule has 7 heteroatoms. The molecule has 0 atom stereocenters. The molecule has 0 unspecified atom stereocenters. The highest BCUT2D eigenvalue weighted by atomic mass is 16.2. The molecule has 0 aliphatic heterocycles. The molecule has 19 heavy (non-hydrogen) atoms. The van der Waals surface area contributed by atoms with Crippen LogP contribution in [0.2, 0.25) is 0 Å². The van der Waals surface area contributed by atoms with Gasteiger partial charge in [-0.3, -0.25) is 4.98 Å². The summed E-state index contributed by atoms with van der Waals surface area (Å²) in [6.07, 6.45) is 2.56. The van der Waals surface area contributed by atoms with E-state index in [4.69, 9.17) is 0 Å². The summed E-state index contributed by atoms with van der Waals surface area (Å²) in [6.45, 7) is 0.697. The normalized spacial score (nSPS) is 10.7. The van der Waals surface area contributed by atoms with Gasteiger partial charge in [0.15, 0.2) is 5.65 Å². The Kier molecular flexibility index (Phi) is 2.93. The van der Waals surface area contributed by atoms with Crippen molar-refractivity contribution in [2.45, 2.75) is 6.42 Å². The Bertz CT molecular complexity index is 733. The van der Waals surface area contributed by atoms with Gasteiger partial charge in [0.25, 0.3) is 0 Å². The topological polar surface area (TPSA) is 88.0 Å². The molecular formula is C12H12N6O. The number of hydrogen-bond acceptors (Lipinski definition) is 5. The van der Waals surface area contributed by atoms with Gasteiger partial charge in [-0.05, 0) is 24.3 Å². The third kappa shape index (κ3) is 2.44. The van der Waals surface area contributed by atoms with Crippen LogP contribution in [-0.4, -0.2) is 31.3 Å². The van der Waals surface area contributed by atoms with Crippen molar-refractivity contribution in [3.63, 3.8) is 0 Å². The van der Waals surface area contributed by atoms with Crippen molar-refractivity contribution >= 4 is 11.5 Å². The summed E-state index contributed by atoms with van der Waals surface area (Å²) in [5, 5.41) is 13.4. The molecule has 96 valence electrons. The van der Waals surface area contributed by atoms with E-state index in [0.29, 0.717) is 18.0 Å². The van der Waals surface area contributed by atoms with Crippen LogP contribution in [0.15, 0.2) is 41.3 Å². The predicted molar refractivity (Wildman–Crippen MR) is 70.0 cm³/mol. The number of nitrogens with zero attached hydrogens (tertiary/aromatic N) is 4. The molecule has 0 aliphatic rings. The van der Waals surface area contributed by atoms with Gasteiger partial charge < -0.3 is 5.32 Å². The van der Waals surface area contributed by atoms with Gasteiger partial charge in [-0.1, -0.05) is 6.07 Å². The van der Waals surface area contributed by atoms with E-state index in [1.165, 1.54) is 4.52 Å². The fourth-order valence-electron chi connectivity index (χ4n) is 1.76. The molecule has 2 N–H and O–H groups in total. The number of aromatic amines is 1. The molecule has 0 amide bonds. The molecule has 0 radical (unpaired) electrons. The number of hydrogen-bond donors (Lipinski definition) is 2. The molecule has 0 spiro atoms. The van der Waals surface area contributed by atoms with Crippen molar-refractivity contribution in [3.05, 3.63) is 52.7 Å². The number of pyridine rings is 1. The second-order valence-corrected chi connectivity index (χ2v) is 4.02. The Morgan fingerprint density at radius 3 is 3.05 bits per heavy atom. The summed E-state index contributed by atoms with van der Waals surface area (Å²) < 4.78 is 1.23. The lowest BCUT2D eigenvalue weighted by atomic mass is 10.3. The van der Waals surface area contributed by atoms with Gasteiger partial charge in [0, 0.05) is 24.9 Å². The quantitative estimate of drug-likeness (QED) is 0.708. The predicted octanol–water partition coefficient (Wildman–Crippen LogP) is 0.467. The number of rotatable bonds is 4. The van der Waals surface area contributed by atoms with E-state index in [2.05, 4.69) is 25.6 Å². The Morgan fingerprint density at radius 1 is 1.26 bits per heavy atom. The highest BCUT2D eigenvalue weighted by molar-refractivity contribution is 5.42. The van der Waals surface area contributed by atoms with Gasteiger partial charge in [-0.15, -0.1) is 5.10 Å². The van der Waals surface area contributed by atoms with E-state index in [1.807, 2.05) is 18.2 Å². The highest BCUT2D eigenvalue weighted by Gasteiger charge is 2.02. The van der Waals surface area contributed by atoms with Crippen molar-refractivity contribution in [1.29, 1.82) is 0 Å². The maximum Gasteiger partial charge on any atom is 0.364 e. The monoisotopic (exact) mass is 256 g/mol. The molecule has 0 aliphatic carbocycles. The first-order valence-corrected chi connectivity index (χ1v) is 5.91. The fourth-order valence-corrected chi connectivity index (χ4v) is 1.76. The standard InChI is InChI=1S/C12H12N6O/c19-12-16-15-11-5-4-10(17-18(11)12)14-8-6-9-3-1-2-7-13-9/h1-5,7H,6,8H2,(H,14,17)(H,16,19). The lowest BCUT2D eigenvalue weighted by Gasteiger charge is -2.04. The summed E-state index contributed by atoms with van der Waals surface area (Å²) in [6, 6.07) is 9.33. The van der Waals surface area contributed by atoms with Crippen molar-refractivity contribution in [2.75, 3.05) is 11.9 Å². The second kappa shape index (κ2) is 4.89. The molecule has 0 aromatic carbocycles. The summed E-state index contributed by atoms with van der Waals surface area (Å²) in [5.41, 5.74) is 1.17. The summed E-state index contributed by atoms with van der Waals surface area (Å²) in [5.74, 6) is 0.631. The minimum absolute atomic E-state index is 0.344. The van der Waals surface area contributed by atoms with Crippen LogP contribution >= 0.6 is 0 Å². The van der Waals surface area contributed by atoms with Crippen LogP contribution in [-0.2, 0) is 6.42 Å². The molecule has 3 aromatic rings. The Labute approximate surface area is 108 Å². The van der Waals surface area contributed by atoms with Crippen molar-refractivity contribution in [3.8, 4) is 0 Å². The van der Waals surface area contributed by atoms with Gasteiger partial charge >= 0.3 is 5.69 Å². The van der Waals surface area contributed by atoms with Gasteiger partial charge in [0.1, 0.15) is 5.82 Å². The van der Waals surface area contributed by atoms with Gasteiger partial charge in [-0.25, -0.2) is 9.89 Å². The average molecular weight is 256 g/mol. The largest absolute Gasteiger partial charge is 0.368 e. The molecular weight excluding hydrogens is 244 g/mol. The Morgan fingerprint density at radius 2 is 2.21 bits per heavy atom. The molecule has 0 fully saturated rings. The van der Waals surface area contributed by atoms with E-state index in [-0.39, 0.29) is 5.69 Å². The fraction of sp³-hybridized carbons (Fsp3) is 0.167. The van der Waals surface area contributed by atoms with Crippen LogP contribution in [0, 0.1) is 0 Å². The minimum atomic E-state index is -0.344. The van der Waals surface area contributed by atoms with Crippen LogP contribution < -0.4 is 11.0 Å². The zero-order valence-corrected chi connectivity index (χ0v) is 10.1. The summed E-state index contributed by atoms with van der Waals surface area (Å²) >= 11 is 0. The number of H-pyrrole nitrogens is 1. The third-order valence-electron chi connectivity index (χ3n) is 2.69. The van der Waals surface area contributed by atoms with Crippen LogP contribution in [0.4, 0.5) is 5.82 Å². The summed E-state index contributed by atoms with van der Waals surface area (Å²) in [4.78, 5) is 15.6. The molecule has 0 saturated heterocycles. The van der Waals surface area contributed by atoms with E-state index < -0.39 is 0 Å². The van der Waals surface area contributed by atoms with E-state index >= 15 is 0 Å². The van der Waals surface area contributed by atoms with Crippen LogP contribution in [0.3, 0.4) is 0 Å². The minimum Gasteiger partial charge on any atom is -0.368 e. The van der Waals surface area contributed by atoms with Gasteiger partial charge in [0.05, 0.1) is 0 Å². The Hall–Kier alpha value is -2.70. The van der Waals surface area contributed by atoms with Crippen molar-refractivity contribution in [1.82, 2.24) is 24.8 Å². The number of anilines is 1. The first-order chi connectivity index (χ1) is 9.33. The maximum absolute atomic E-state index is 11.4. The molecule has 0 bridgehead atoms.